The van der Waals surface area contributed by atoms with Gasteiger partial charge in [-0.2, -0.15) is 5.10 Å². The smallest absolute Gasteiger partial charge is 0.227 e. The molecule has 38 heavy (non-hydrogen) atoms. The lowest BCUT2D eigenvalue weighted by atomic mass is 10.0. The fourth-order valence-corrected chi connectivity index (χ4v) is 4.89. The Labute approximate surface area is 220 Å². The molecule has 5 rings (SSSR count). The Morgan fingerprint density at radius 2 is 1.45 bits per heavy atom. The Morgan fingerprint density at radius 1 is 0.868 bits per heavy atom. The van der Waals surface area contributed by atoms with Crippen molar-refractivity contribution < 1.29 is 18.0 Å². The molecule has 0 N–H and O–H groups in total. The highest BCUT2D eigenvalue weighted by Crippen LogP contribution is 2.28. The minimum Gasteiger partial charge on any atom is -0.337 e. The van der Waals surface area contributed by atoms with Gasteiger partial charge in [0.1, 0.15) is 17.5 Å². The quantitative estimate of drug-likeness (QED) is 0.312. The molecule has 1 amide bonds. The fourth-order valence-electron chi connectivity index (χ4n) is 4.89. The first kappa shape index (κ1) is 25.7. The van der Waals surface area contributed by atoms with Crippen molar-refractivity contribution in [3.8, 4) is 5.69 Å². The van der Waals surface area contributed by atoms with Crippen LogP contribution in [0.4, 0.5) is 13.2 Å². The predicted octanol–water partition coefficient (Wildman–Crippen LogP) is 5.44. The summed E-state index contributed by atoms with van der Waals surface area (Å²) in [6, 6.07) is 18.7. The summed E-state index contributed by atoms with van der Waals surface area (Å²) in [4.78, 5) is 17.2. The predicted molar refractivity (Wildman–Crippen MR) is 139 cm³/mol. The van der Waals surface area contributed by atoms with E-state index in [9.17, 15) is 18.0 Å². The molecule has 1 aromatic heterocycles. The first-order valence-corrected chi connectivity index (χ1v) is 12.7. The van der Waals surface area contributed by atoms with E-state index in [0.29, 0.717) is 26.2 Å². The molecule has 3 aromatic carbocycles. The molecule has 0 spiro atoms. The van der Waals surface area contributed by atoms with Crippen LogP contribution in [0.2, 0.25) is 0 Å². The molecule has 4 aromatic rings. The molecule has 5 nitrogen and oxygen atoms in total. The normalized spacial score (nSPS) is 13.4. The third kappa shape index (κ3) is 5.81. The van der Waals surface area contributed by atoms with Crippen LogP contribution in [0.15, 0.2) is 72.8 Å². The van der Waals surface area contributed by atoms with E-state index in [0.717, 1.165) is 46.7 Å². The van der Waals surface area contributed by atoms with Crippen LogP contribution in [0.1, 0.15) is 35.0 Å². The largest absolute Gasteiger partial charge is 0.337 e. The zero-order valence-corrected chi connectivity index (χ0v) is 21.2. The molecule has 0 unspecified atom stereocenters. The molecule has 8 heteroatoms. The summed E-state index contributed by atoms with van der Waals surface area (Å²) >= 11 is 0. The van der Waals surface area contributed by atoms with Crippen molar-refractivity contribution in [3.05, 3.63) is 118 Å². The third-order valence-corrected chi connectivity index (χ3v) is 6.95. The summed E-state index contributed by atoms with van der Waals surface area (Å²) in [6.07, 6.45) is 0.905. The first-order chi connectivity index (χ1) is 18.4. The number of fused-ring (bicyclic) bond motifs is 1. The number of aromatic nitrogens is 2. The van der Waals surface area contributed by atoms with E-state index in [4.69, 9.17) is 5.10 Å². The summed E-state index contributed by atoms with van der Waals surface area (Å²) in [7, 11) is 0. The Kier molecular flexibility index (Phi) is 7.60. The number of benzene rings is 3. The monoisotopic (exact) mass is 518 g/mol. The highest BCUT2D eigenvalue weighted by molar-refractivity contribution is 5.78. The van der Waals surface area contributed by atoms with Crippen LogP contribution in [0.3, 0.4) is 0 Å². The number of rotatable bonds is 8. The van der Waals surface area contributed by atoms with E-state index in [2.05, 4.69) is 4.90 Å². The zero-order valence-electron chi connectivity index (χ0n) is 21.2. The number of carbonyl (C=O) groups excluding carboxylic acids is 1. The van der Waals surface area contributed by atoms with Gasteiger partial charge in [0.2, 0.25) is 5.91 Å². The topological polar surface area (TPSA) is 41.4 Å². The van der Waals surface area contributed by atoms with Gasteiger partial charge >= 0.3 is 0 Å². The average Bonchev–Trinajstić information content (AvgIpc) is 3.27. The average molecular weight is 519 g/mol. The number of amides is 1. The molecule has 0 fully saturated rings. The lowest BCUT2D eigenvalue weighted by molar-refractivity contribution is -0.130. The van der Waals surface area contributed by atoms with Crippen LogP contribution in [-0.4, -0.2) is 38.6 Å². The lowest BCUT2D eigenvalue weighted by Crippen LogP contribution is -2.34. The fraction of sp³-hybridized carbons (Fsp3) is 0.267. The minimum atomic E-state index is -0.336. The summed E-state index contributed by atoms with van der Waals surface area (Å²) in [5.41, 5.74) is 5.43. The van der Waals surface area contributed by atoms with Crippen LogP contribution >= 0.6 is 0 Å². The van der Waals surface area contributed by atoms with E-state index in [1.807, 2.05) is 11.6 Å². The number of carbonyl (C=O) groups is 1. The van der Waals surface area contributed by atoms with Crippen molar-refractivity contribution >= 4 is 5.91 Å². The lowest BCUT2D eigenvalue weighted by Gasteiger charge is -2.28. The molecular weight excluding hydrogens is 489 g/mol. The minimum absolute atomic E-state index is 0.0665. The van der Waals surface area contributed by atoms with Crippen molar-refractivity contribution in [1.82, 2.24) is 19.6 Å². The highest BCUT2D eigenvalue weighted by atomic mass is 19.1. The molecule has 0 aliphatic carbocycles. The Balaban J connectivity index is 1.42. The Hall–Kier alpha value is -3.91. The maximum atomic E-state index is 13.6. The van der Waals surface area contributed by atoms with Crippen LogP contribution in [0, 0.1) is 17.5 Å². The van der Waals surface area contributed by atoms with Crippen molar-refractivity contribution in [1.29, 1.82) is 0 Å². The van der Waals surface area contributed by atoms with Crippen LogP contribution in [0.5, 0.6) is 0 Å². The van der Waals surface area contributed by atoms with E-state index in [1.165, 1.54) is 36.4 Å². The zero-order chi connectivity index (χ0) is 26.6. The van der Waals surface area contributed by atoms with E-state index in [1.54, 1.807) is 41.3 Å². The maximum absolute atomic E-state index is 13.6. The van der Waals surface area contributed by atoms with E-state index >= 15 is 0 Å². The number of nitrogens with zero attached hydrogens (tertiary/aromatic N) is 4. The number of halogens is 3. The molecule has 0 saturated carbocycles. The van der Waals surface area contributed by atoms with Gasteiger partial charge in [-0.1, -0.05) is 24.3 Å². The van der Waals surface area contributed by atoms with Gasteiger partial charge in [0.05, 0.1) is 30.0 Å². The summed E-state index contributed by atoms with van der Waals surface area (Å²) in [5, 5.41) is 4.91. The maximum Gasteiger partial charge on any atom is 0.227 e. The molecule has 2 heterocycles. The summed E-state index contributed by atoms with van der Waals surface area (Å²) < 4.78 is 42.2. The van der Waals surface area contributed by atoms with Gasteiger partial charge in [-0.15, -0.1) is 0 Å². The van der Waals surface area contributed by atoms with E-state index in [-0.39, 0.29) is 29.8 Å². The van der Waals surface area contributed by atoms with Gasteiger partial charge in [0.15, 0.2) is 0 Å². The molecule has 0 saturated heterocycles. The van der Waals surface area contributed by atoms with Gasteiger partial charge in [0, 0.05) is 38.2 Å². The van der Waals surface area contributed by atoms with Crippen LogP contribution in [0.25, 0.3) is 5.69 Å². The second-order valence-corrected chi connectivity index (χ2v) is 9.56. The van der Waals surface area contributed by atoms with Crippen molar-refractivity contribution in [2.75, 3.05) is 13.1 Å². The van der Waals surface area contributed by atoms with Gasteiger partial charge in [-0.3, -0.25) is 9.69 Å². The van der Waals surface area contributed by atoms with Gasteiger partial charge < -0.3 is 4.90 Å². The molecule has 0 atom stereocenters. The van der Waals surface area contributed by atoms with E-state index < -0.39 is 0 Å². The van der Waals surface area contributed by atoms with Crippen LogP contribution in [-0.2, 0) is 37.3 Å². The Morgan fingerprint density at radius 3 is 2.05 bits per heavy atom. The van der Waals surface area contributed by atoms with Crippen molar-refractivity contribution in [3.63, 3.8) is 0 Å². The standard InChI is InChI=1S/C30H29F3N4O/c1-2-36(30(38)17-21-3-7-23(31)8-4-21)20-28-27-19-35(18-22-5-9-24(32)10-6-22)16-15-29(27)37(34-28)26-13-11-25(33)12-14-26/h3-14H,2,15-20H2,1H3. The number of hydrogen-bond donors (Lipinski definition) is 0. The van der Waals surface area contributed by atoms with Gasteiger partial charge in [0.25, 0.3) is 0 Å². The molecule has 1 aliphatic heterocycles. The molecule has 196 valence electrons. The number of hydrogen-bond acceptors (Lipinski definition) is 3. The van der Waals surface area contributed by atoms with Gasteiger partial charge in [-0.25, -0.2) is 17.9 Å². The molecular formula is C30H29F3N4O. The molecule has 0 radical (unpaired) electrons. The van der Waals surface area contributed by atoms with Crippen LogP contribution < -0.4 is 0 Å². The summed E-state index contributed by atoms with van der Waals surface area (Å²) in [5.74, 6) is -0.980. The molecule has 0 bridgehead atoms. The van der Waals surface area contributed by atoms with Crippen molar-refractivity contribution in [2.24, 2.45) is 0 Å². The van der Waals surface area contributed by atoms with Gasteiger partial charge in [-0.05, 0) is 66.6 Å². The summed E-state index contributed by atoms with van der Waals surface area (Å²) in [6.45, 7) is 4.84. The number of likely N-dealkylation sites (N-methyl/N-ethyl adjacent to an activating group) is 1. The second-order valence-electron chi connectivity index (χ2n) is 9.56. The Bertz CT molecular complexity index is 1400. The van der Waals surface area contributed by atoms with Crippen molar-refractivity contribution in [2.45, 2.75) is 39.4 Å². The SMILES string of the molecule is CCN(Cc1nn(-c2ccc(F)cc2)c2c1CN(Cc1ccc(F)cc1)CC2)C(=O)Cc1ccc(F)cc1. The molecule has 1 aliphatic rings. The third-order valence-electron chi connectivity index (χ3n) is 6.95. The highest BCUT2D eigenvalue weighted by Gasteiger charge is 2.27. The first-order valence-electron chi connectivity index (χ1n) is 12.7. The second kappa shape index (κ2) is 11.2.